The summed E-state index contributed by atoms with van der Waals surface area (Å²) in [5, 5.41) is 25.7. The minimum absolute atomic E-state index is 0.114. The van der Waals surface area contributed by atoms with Gasteiger partial charge in [-0.3, -0.25) is 4.79 Å². The molecule has 27 heavy (non-hydrogen) atoms. The first-order valence-electron chi connectivity index (χ1n) is 8.24. The number of aromatic hydroxyl groups is 1. The van der Waals surface area contributed by atoms with E-state index in [0.29, 0.717) is 18.0 Å². The molecule has 0 aliphatic heterocycles. The Morgan fingerprint density at radius 3 is 2.78 bits per heavy atom. The van der Waals surface area contributed by atoms with Crippen molar-refractivity contribution in [1.82, 2.24) is 25.6 Å². The van der Waals surface area contributed by atoms with Gasteiger partial charge in [0.2, 0.25) is 5.82 Å². The molecule has 1 aromatic heterocycles. The third kappa shape index (κ3) is 4.51. The van der Waals surface area contributed by atoms with Crippen molar-refractivity contribution in [2.24, 2.45) is 5.10 Å². The van der Waals surface area contributed by atoms with Crippen LogP contribution in [0.4, 0.5) is 4.39 Å². The molecule has 3 rings (SSSR count). The normalized spacial score (nSPS) is 11.4. The zero-order valence-corrected chi connectivity index (χ0v) is 14.5. The smallest absolute Gasteiger partial charge is 0.263 e. The van der Waals surface area contributed by atoms with Crippen LogP contribution in [0, 0.1) is 5.82 Å². The Morgan fingerprint density at radius 2 is 2.04 bits per heavy atom. The van der Waals surface area contributed by atoms with Crippen molar-refractivity contribution >= 4 is 11.6 Å². The second kappa shape index (κ2) is 8.17. The van der Waals surface area contributed by atoms with Gasteiger partial charge in [-0.25, -0.2) is 9.82 Å². The fourth-order valence-electron chi connectivity index (χ4n) is 2.38. The van der Waals surface area contributed by atoms with Gasteiger partial charge < -0.3 is 5.11 Å². The molecule has 1 amide bonds. The first-order chi connectivity index (χ1) is 13.1. The summed E-state index contributed by atoms with van der Waals surface area (Å²) in [4.78, 5) is 13.2. The standard InChI is InChI=1S/C18H17FN6O2/c1-2-15(14-10-13(19)8-9-16(14)26)20-21-17(27)11-25-23-18(22-24-25)12-6-4-3-5-7-12/h3-10,26H,2,11H2,1H3,(H,21,27)/b20-15+. The molecule has 9 heteroatoms. The summed E-state index contributed by atoms with van der Waals surface area (Å²) in [6.45, 7) is 1.59. The maximum Gasteiger partial charge on any atom is 0.263 e. The summed E-state index contributed by atoms with van der Waals surface area (Å²) >= 11 is 0. The van der Waals surface area contributed by atoms with Crippen molar-refractivity contribution in [2.75, 3.05) is 0 Å². The number of nitrogens with zero attached hydrogens (tertiary/aromatic N) is 5. The van der Waals surface area contributed by atoms with E-state index < -0.39 is 11.7 Å². The van der Waals surface area contributed by atoms with Crippen LogP contribution in [0.3, 0.4) is 0 Å². The molecule has 2 N–H and O–H groups in total. The molecule has 138 valence electrons. The predicted molar refractivity (Wildman–Crippen MR) is 96.3 cm³/mol. The van der Waals surface area contributed by atoms with E-state index in [-0.39, 0.29) is 17.9 Å². The highest BCUT2D eigenvalue weighted by Crippen LogP contribution is 2.20. The largest absolute Gasteiger partial charge is 0.507 e. The third-order valence-electron chi connectivity index (χ3n) is 3.69. The van der Waals surface area contributed by atoms with Crippen molar-refractivity contribution in [2.45, 2.75) is 19.9 Å². The van der Waals surface area contributed by atoms with Crippen molar-refractivity contribution in [1.29, 1.82) is 0 Å². The Bertz CT molecular complexity index is 971. The molecule has 0 atom stereocenters. The lowest BCUT2D eigenvalue weighted by atomic mass is 10.1. The molecular formula is C18H17FN6O2. The molecule has 2 aromatic carbocycles. The fraction of sp³-hybridized carbons (Fsp3) is 0.167. The SMILES string of the molecule is CC/C(=N\NC(=O)Cn1nnc(-c2ccccc2)n1)c1cc(F)ccc1O. The van der Waals surface area contributed by atoms with E-state index >= 15 is 0 Å². The van der Waals surface area contributed by atoms with E-state index in [9.17, 15) is 14.3 Å². The molecule has 3 aromatic rings. The Kier molecular flexibility index (Phi) is 5.50. The summed E-state index contributed by atoms with van der Waals surface area (Å²) in [6.07, 6.45) is 0.386. The molecule has 8 nitrogen and oxygen atoms in total. The number of rotatable bonds is 6. The lowest BCUT2D eigenvalue weighted by Gasteiger charge is -2.07. The monoisotopic (exact) mass is 368 g/mol. The van der Waals surface area contributed by atoms with Gasteiger partial charge in [0, 0.05) is 11.1 Å². The van der Waals surface area contributed by atoms with Crippen LogP contribution in [0.5, 0.6) is 5.75 Å². The van der Waals surface area contributed by atoms with Crippen molar-refractivity contribution < 1.29 is 14.3 Å². The number of carbonyl (C=O) groups is 1. The number of halogens is 1. The molecule has 0 bridgehead atoms. The highest BCUT2D eigenvalue weighted by atomic mass is 19.1. The zero-order valence-electron chi connectivity index (χ0n) is 14.5. The maximum absolute atomic E-state index is 13.4. The van der Waals surface area contributed by atoms with Crippen LogP contribution in [-0.4, -0.2) is 36.9 Å². The minimum Gasteiger partial charge on any atom is -0.507 e. The topological polar surface area (TPSA) is 105 Å². The number of tetrazole rings is 1. The maximum atomic E-state index is 13.4. The second-order valence-electron chi connectivity index (χ2n) is 5.62. The number of phenolic OH excluding ortho intramolecular Hbond substituents is 1. The quantitative estimate of drug-likeness (QED) is 0.512. The first-order valence-corrected chi connectivity index (χ1v) is 8.24. The number of hydrogen-bond donors (Lipinski definition) is 2. The predicted octanol–water partition coefficient (Wildman–Crippen LogP) is 2.12. The van der Waals surface area contributed by atoms with E-state index in [1.807, 2.05) is 30.3 Å². The van der Waals surface area contributed by atoms with Crippen LogP contribution >= 0.6 is 0 Å². The van der Waals surface area contributed by atoms with Crippen molar-refractivity contribution in [3.05, 3.63) is 59.9 Å². The van der Waals surface area contributed by atoms with Crippen molar-refractivity contribution in [3.63, 3.8) is 0 Å². The van der Waals surface area contributed by atoms with Crippen LogP contribution in [0.15, 0.2) is 53.6 Å². The summed E-state index contributed by atoms with van der Waals surface area (Å²) in [5.41, 5.74) is 3.72. The van der Waals surface area contributed by atoms with E-state index in [1.54, 1.807) is 6.92 Å². The molecule has 0 radical (unpaired) electrons. The lowest BCUT2D eigenvalue weighted by molar-refractivity contribution is -0.122. The molecule has 0 saturated carbocycles. The summed E-state index contributed by atoms with van der Waals surface area (Å²) < 4.78 is 13.4. The Balaban J connectivity index is 1.67. The van der Waals surface area contributed by atoms with E-state index in [1.165, 1.54) is 6.07 Å². The van der Waals surface area contributed by atoms with Gasteiger partial charge in [-0.2, -0.15) is 9.90 Å². The van der Waals surface area contributed by atoms with Gasteiger partial charge in [-0.15, -0.1) is 10.2 Å². The fourth-order valence-corrected chi connectivity index (χ4v) is 2.38. The van der Waals surface area contributed by atoms with Gasteiger partial charge in [0.15, 0.2) is 0 Å². The average molecular weight is 368 g/mol. The van der Waals surface area contributed by atoms with Crippen LogP contribution in [0.25, 0.3) is 11.4 Å². The molecule has 1 heterocycles. The highest BCUT2D eigenvalue weighted by molar-refractivity contribution is 6.03. The third-order valence-corrected chi connectivity index (χ3v) is 3.69. The van der Waals surface area contributed by atoms with Gasteiger partial charge in [-0.1, -0.05) is 37.3 Å². The van der Waals surface area contributed by atoms with Crippen LogP contribution in [0.1, 0.15) is 18.9 Å². The number of aromatic nitrogens is 4. The number of nitrogens with one attached hydrogen (secondary N) is 1. The van der Waals surface area contributed by atoms with Crippen LogP contribution in [-0.2, 0) is 11.3 Å². The Labute approximate surface area is 154 Å². The zero-order chi connectivity index (χ0) is 19.2. The molecule has 0 fully saturated rings. The molecular weight excluding hydrogens is 351 g/mol. The van der Waals surface area contributed by atoms with Gasteiger partial charge >= 0.3 is 0 Å². The summed E-state index contributed by atoms with van der Waals surface area (Å²) in [7, 11) is 0. The Morgan fingerprint density at radius 1 is 1.26 bits per heavy atom. The van der Waals surface area contributed by atoms with Gasteiger partial charge in [0.05, 0.1) is 5.71 Å². The van der Waals surface area contributed by atoms with Crippen LogP contribution in [0.2, 0.25) is 0 Å². The van der Waals surface area contributed by atoms with Crippen molar-refractivity contribution in [3.8, 4) is 17.1 Å². The molecule has 0 saturated heterocycles. The minimum atomic E-state index is -0.504. The number of phenols is 1. The first kappa shape index (κ1) is 18.2. The molecule has 0 unspecified atom stereocenters. The lowest BCUT2D eigenvalue weighted by Crippen LogP contribution is -2.25. The number of carbonyl (C=O) groups excluding carboxylic acids is 1. The van der Waals surface area contributed by atoms with E-state index in [2.05, 4.69) is 25.9 Å². The molecule has 0 aliphatic rings. The Hall–Kier alpha value is -3.62. The number of benzene rings is 2. The van der Waals surface area contributed by atoms with Gasteiger partial charge in [0.25, 0.3) is 5.91 Å². The highest BCUT2D eigenvalue weighted by Gasteiger charge is 2.11. The number of hydrazone groups is 1. The van der Waals surface area contributed by atoms with Gasteiger partial charge in [-0.05, 0) is 29.8 Å². The average Bonchev–Trinajstić information content (AvgIpc) is 3.14. The van der Waals surface area contributed by atoms with Gasteiger partial charge in [0.1, 0.15) is 18.1 Å². The molecule has 0 aliphatic carbocycles. The van der Waals surface area contributed by atoms with E-state index in [0.717, 1.165) is 22.5 Å². The number of amides is 1. The molecule has 0 spiro atoms. The van der Waals surface area contributed by atoms with Crippen LogP contribution < -0.4 is 5.43 Å². The second-order valence-corrected chi connectivity index (χ2v) is 5.62. The summed E-state index contributed by atoms with van der Waals surface area (Å²) in [5.74, 6) is -0.688. The summed E-state index contributed by atoms with van der Waals surface area (Å²) in [6, 6.07) is 12.8. The number of hydrogen-bond acceptors (Lipinski definition) is 6. The van der Waals surface area contributed by atoms with E-state index in [4.69, 9.17) is 0 Å².